The van der Waals surface area contributed by atoms with Crippen molar-refractivity contribution in [2.45, 2.75) is 19.0 Å². The minimum absolute atomic E-state index is 0.0899. The van der Waals surface area contributed by atoms with Crippen LogP contribution in [0.4, 0.5) is 0 Å². The van der Waals surface area contributed by atoms with E-state index in [0.29, 0.717) is 13.0 Å². The van der Waals surface area contributed by atoms with E-state index < -0.39 is 0 Å². The van der Waals surface area contributed by atoms with E-state index in [2.05, 4.69) is 51.7 Å². The van der Waals surface area contributed by atoms with E-state index in [1.54, 1.807) is 6.20 Å². The minimum Gasteiger partial charge on any atom is -0.355 e. The lowest BCUT2D eigenvalue weighted by atomic mass is 10.0. The van der Waals surface area contributed by atoms with Gasteiger partial charge in [0.15, 0.2) is 0 Å². The van der Waals surface area contributed by atoms with Crippen molar-refractivity contribution in [2.75, 3.05) is 13.1 Å². The lowest BCUT2D eigenvalue weighted by Crippen LogP contribution is -2.30. The van der Waals surface area contributed by atoms with E-state index in [1.807, 2.05) is 35.1 Å². The molecule has 2 aromatic carbocycles. The highest BCUT2D eigenvalue weighted by Gasteiger charge is 2.26. The van der Waals surface area contributed by atoms with Gasteiger partial charge < -0.3 is 5.32 Å². The Bertz CT molecular complexity index is 861. The molecular formula is C21H22N4O. The maximum atomic E-state index is 12.1. The van der Waals surface area contributed by atoms with Crippen LogP contribution in [-0.2, 0) is 11.3 Å². The first kappa shape index (κ1) is 16.5. The van der Waals surface area contributed by atoms with Crippen molar-refractivity contribution >= 4 is 5.91 Å². The monoisotopic (exact) mass is 346 g/mol. The molecule has 0 radical (unpaired) electrons. The topological polar surface area (TPSA) is 50.2 Å². The summed E-state index contributed by atoms with van der Waals surface area (Å²) in [6.07, 6.45) is 4.22. The lowest BCUT2D eigenvalue weighted by Gasteiger charge is -2.29. The van der Waals surface area contributed by atoms with Gasteiger partial charge in [-0.25, -0.2) is 4.68 Å². The second-order valence-corrected chi connectivity index (χ2v) is 6.57. The summed E-state index contributed by atoms with van der Waals surface area (Å²) in [6.45, 7) is 2.31. The third kappa shape index (κ3) is 3.68. The van der Waals surface area contributed by atoms with Crippen LogP contribution in [-0.4, -0.2) is 33.7 Å². The predicted octanol–water partition coefficient (Wildman–Crippen LogP) is 2.94. The Morgan fingerprint density at radius 3 is 2.77 bits per heavy atom. The van der Waals surface area contributed by atoms with Gasteiger partial charge in [0.2, 0.25) is 5.91 Å². The molecule has 1 aliphatic rings. The number of nitrogens with zero attached hydrogens (tertiary/aromatic N) is 3. The van der Waals surface area contributed by atoms with E-state index in [4.69, 9.17) is 0 Å². The second kappa shape index (κ2) is 7.54. The van der Waals surface area contributed by atoms with Gasteiger partial charge in [-0.1, -0.05) is 42.5 Å². The van der Waals surface area contributed by atoms with E-state index in [0.717, 1.165) is 18.8 Å². The van der Waals surface area contributed by atoms with Crippen molar-refractivity contribution in [3.63, 3.8) is 0 Å². The highest BCUT2D eigenvalue weighted by atomic mass is 16.1. The Balaban J connectivity index is 1.60. The first-order valence-electron chi connectivity index (χ1n) is 8.94. The van der Waals surface area contributed by atoms with Gasteiger partial charge in [0.05, 0.1) is 5.69 Å². The van der Waals surface area contributed by atoms with E-state index in [9.17, 15) is 4.79 Å². The van der Waals surface area contributed by atoms with Gasteiger partial charge in [0.1, 0.15) is 0 Å². The van der Waals surface area contributed by atoms with E-state index >= 15 is 0 Å². The normalized spacial score (nSPS) is 18.3. The number of rotatable bonds is 4. The van der Waals surface area contributed by atoms with Crippen molar-refractivity contribution < 1.29 is 4.79 Å². The molecule has 1 unspecified atom stereocenters. The molecule has 5 nitrogen and oxygen atoms in total. The first-order chi connectivity index (χ1) is 12.8. The Hall–Kier alpha value is -2.92. The molecule has 1 saturated heterocycles. The molecule has 1 atom stereocenters. The molecule has 1 aliphatic heterocycles. The summed E-state index contributed by atoms with van der Waals surface area (Å²) < 4.78 is 1.87. The maximum absolute atomic E-state index is 12.1. The number of hydrogen-bond acceptors (Lipinski definition) is 3. The molecular weight excluding hydrogens is 324 g/mol. The number of amides is 1. The molecule has 26 heavy (non-hydrogen) atoms. The summed E-state index contributed by atoms with van der Waals surface area (Å²) >= 11 is 0. The molecule has 0 saturated carbocycles. The van der Waals surface area contributed by atoms with Crippen LogP contribution in [0.2, 0.25) is 0 Å². The highest BCUT2D eigenvalue weighted by molar-refractivity contribution is 5.77. The fraction of sp³-hybridized carbons (Fsp3) is 0.238. The van der Waals surface area contributed by atoms with Crippen molar-refractivity contribution in [3.8, 4) is 5.69 Å². The van der Waals surface area contributed by atoms with Gasteiger partial charge in [0.25, 0.3) is 0 Å². The Labute approximate surface area is 153 Å². The molecule has 1 fully saturated rings. The molecule has 2 heterocycles. The third-order valence-corrected chi connectivity index (χ3v) is 4.79. The van der Waals surface area contributed by atoms with Gasteiger partial charge in [0, 0.05) is 44.5 Å². The van der Waals surface area contributed by atoms with Gasteiger partial charge in [-0.3, -0.25) is 9.69 Å². The molecule has 1 amide bonds. The fourth-order valence-electron chi connectivity index (χ4n) is 3.52. The van der Waals surface area contributed by atoms with Crippen LogP contribution >= 0.6 is 0 Å². The van der Waals surface area contributed by atoms with Gasteiger partial charge in [-0.15, -0.1) is 0 Å². The summed E-state index contributed by atoms with van der Waals surface area (Å²) in [6, 6.07) is 20.7. The van der Waals surface area contributed by atoms with Crippen molar-refractivity contribution in [1.82, 2.24) is 20.0 Å². The molecule has 4 rings (SSSR count). The van der Waals surface area contributed by atoms with Crippen LogP contribution in [0.3, 0.4) is 0 Å². The smallest absolute Gasteiger partial charge is 0.221 e. The van der Waals surface area contributed by atoms with Gasteiger partial charge >= 0.3 is 0 Å². The zero-order valence-electron chi connectivity index (χ0n) is 14.6. The summed E-state index contributed by atoms with van der Waals surface area (Å²) in [7, 11) is 0. The summed E-state index contributed by atoms with van der Waals surface area (Å²) in [5.74, 6) is 0.117. The number of nitrogens with one attached hydrogen (secondary N) is 1. The first-order valence-corrected chi connectivity index (χ1v) is 8.94. The quantitative estimate of drug-likeness (QED) is 0.790. The average molecular weight is 346 g/mol. The van der Waals surface area contributed by atoms with Gasteiger partial charge in [-0.2, -0.15) is 5.10 Å². The van der Waals surface area contributed by atoms with Crippen LogP contribution in [0.5, 0.6) is 0 Å². The summed E-state index contributed by atoms with van der Waals surface area (Å²) in [4.78, 5) is 14.5. The Kier molecular flexibility index (Phi) is 4.80. The molecule has 1 N–H and O–H groups in total. The second-order valence-electron chi connectivity index (χ2n) is 6.57. The maximum Gasteiger partial charge on any atom is 0.221 e. The number of carbonyl (C=O) groups is 1. The van der Waals surface area contributed by atoms with E-state index in [-0.39, 0.29) is 11.9 Å². The van der Waals surface area contributed by atoms with Gasteiger partial charge in [-0.05, 0) is 29.3 Å². The number of aromatic nitrogens is 2. The molecule has 0 spiro atoms. The SMILES string of the molecule is O=C1CC(c2ccccc2)N(Cc2cccc(-n3cccn3)c2)CCN1. The highest BCUT2D eigenvalue weighted by Crippen LogP contribution is 2.27. The summed E-state index contributed by atoms with van der Waals surface area (Å²) in [5.41, 5.74) is 3.45. The zero-order chi connectivity index (χ0) is 17.8. The van der Waals surface area contributed by atoms with E-state index in [1.165, 1.54) is 11.1 Å². The minimum atomic E-state index is 0.0899. The average Bonchev–Trinajstić information content (AvgIpc) is 3.15. The molecule has 0 aliphatic carbocycles. The molecule has 0 bridgehead atoms. The van der Waals surface area contributed by atoms with Crippen LogP contribution in [0.15, 0.2) is 73.1 Å². The van der Waals surface area contributed by atoms with Crippen LogP contribution in [0.25, 0.3) is 5.69 Å². The fourth-order valence-corrected chi connectivity index (χ4v) is 3.52. The standard InChI is InChI=1S/C21H22N4O/c26-21-15-20(18-7-2-1-3-8-18)24(13-11-22-21)16-17-6-4-9-19(14-17)25-12-5-10-23-25/h1-10,12,14,20H,11,13,15-16H2,(H,22,26). The van der Waals surface area contributed by atoms with Crippen molar-refractivity contribution in [3.05, 3.63) is 84.2 Å². The lowest BCUT2D eigenvalue weighted by molar-refractivity contribution is -0.121. The summed E-state index contributed by atoms with van der Waals surface area (Å²) in [5, 5.41) is 7.31. The zero-order valence-corrected chi connectivity index (χ0v) is 14.6. The van der Waals surface area contributed by atoms with Crippen LogP contribution < -0.4 is 5.32 Å². The van der Waals surface area contributed by atoms with Crippen molar-refractivity contribution in [1.29, 1.82) is 0 Å². The molecule has 132 valence electrons. The number of hydrogen-bond donors (Lipinski definition) is 1. The van der Waals surface area contributed by atoms with Crippen molar-refractivity contribution in [2.24, 2.45) is 0 Å². The Morgan fingerprint density at radius 2 is 1.96 bits per heavy atom. The largest absolute Gasteiger partial charge is 0.355 e. The van der Waals surface area contributed by atoms with Crippen LogP contribution in [0.1, 0.15) is 23.6 Å². The van der Waals surface area contributed by atoms with Crippen LogP contribution in [0, 0.1) is 0 Å². The number of carbonyl (C=O) groups excluding carboxylic acids is 1. The molecule has 3 aromatic rings. The molecule has 5 heteroatoms. The Morgan fingerprint density at radius 1 is 1.08 bits per heavy atom. The molecule has 1 aromatic heterocycles. The predicted molar refractivity (Wildman–Crippen MR) is 101 cm³/mol. The number of benzene rings is 2. The third-order valence-electron chi connectivity index (χ3n) is 4.79.